The monoisotopic (exact) mass is 154 g/mol. The largest absolute Gasteiger partial charge is 0.467 e. The lowest BCUT2D eigenvalue weighted by molar-refractivity contribution is 0.306. The Morgan fingerprint density at radius 1 is 1.00 bits per heavy atom. The topological polar surface area (TPSA) is 9.23 Å². The van der Waals surface area contributed by atoms with Crippen LogP contribution in [-0.2, 0) is 4.74 Å². The van der Waals surface area contributed by atoms with Gasteiger partial charge in [0.2, 0.25) is 0 Å². The molecule has 11 heavy (non-hydrogen) atoms. The second-order valence-corrected chi connectivity index (χ2v) is 2.55. The Bertz CT molecular complexity index is 136. The zero-order chi connectivity index (χ0) is 8.69. The highest BCUT2D eigenvalue weighted by Crippen LogP contribution is 2.06. The van der Waals surface area contributed by atoms with Crippen molar-refractivity contribution in [2.24, 2.45) is 0 Å². The van der Waals surface area contributed by atoms with E-state index in [4.69, 9.17) is 4.74 Å². The molecule has 0 aromatic heterocycles. The van der Waals surface area contributed by atoms with Gasteiger partial charge < -0.3 is 4.74 Å². The van der Waals surface area contributed by atoms with Gasteiger partial charge in [0.1, 0.15) is 0 Å². The first kappa shape index (κ1) is 10.3. The van der Waals surface area contributed by atoms with E-state index in [1.807, 2.05) is 13.8 Å². The molecule has 0 rings (SSSR count). The summed E-state index contributed by atoms with van der Waals surface area (Å²) >= 11 is 0. The van der Waals surface area contributed by atoms with Gasteiger partial charge in [0.05, 0.1) is 11.5 Å². The van der Waals surface area contributed by atoms with Crippen LogP contribution in [-0.4, -0.2) is 0 Å². The van der Waals surface area contributed by atoms with Gasteiger partial charge in [-0.05, 0) is 38.8 Å². The predicted molar refractivity (Wildman–Crippen MR) is 49.2 cm³/mol. The van der Waals surface area contributed by atoms with Crippen molar-refractivity contribution >= 4 is 0 Å². The van der Waals surface area contributed by atoms with E-state index in [1.165, 1.54) is 0 Å². The molecule has 0 aliphatic carbocycles. The maximum atomic E-state index is 5.45. The lowest BCUT2D eigenvalue weighted by Gasteiger charge is -2.04. The minimum absolute atomic E-state index is 0.995. The average molecular weight is 154 g/mol. The van der Waals surface area contributed by atoms with Crippen LogP contribution in [0.15, 0.2) is 23.7 Å². The molecule has 0 heterocycles. The van der Waals surface area contributed by atoms with E-state index in [1.54, 1.807) is 0 Å². The zero-order valence-electron chi connectivity index (χ0n) is 7.98. The van der Waals surface area contributed by atoms with Crippen LogP contribution in [0.25, 0.3) is 0 Å². The summed E-state index contributed by atoms with van der Waals surface area (Å²) in [4.78, 5) is 0. The Balaban J connectivity index is 3.84. The third-order valence-electron chi connectivity index (χ3n) is 1.31. The molecular formula is C10H18O. The van der Waals surface area contributed by atoms with Crippen LogP contribution in [0.4, 0.5) is 0 Å². The molecule has 0 bridgehead atoms. The van der Waals surface area contributed by atoms with Crippen LogP contribution in [0.5, 0.6) is 0 Å². The summed E-state index contributed by atoms with van der Waals surface area (Å²) in [6.07, 6.45) is 6.22. The van der Waals surface area contributed by atoms with Crippen molar-refractivity contribution in [3.8, 4) is 0 Å². The van der Waals surface area contributed by atoms with E-state index < -0.39 is 0 Å². The number of rotatable bonds is 4. The third kappa shape index (κ3) is 5.71. The standard InChI is InChI=1S/C10H18O/c1-5-7-9(3)11-10(4)8-6-2/h7-8H,5-6H2,1-4H3/b9-7+,10-8+. The molecule has 0 aromatic carbocycles. The highest BCUT2D eigenvalue weighted by atomic mass is 16.5. The molecule has 0 aromatic rings. The van der Waals surface area contributed by atoms with E-state index in [2.05, 4.69) is 26.0 Å². The molecule has 0 atom stereocenters. The van der Waals surface area contributed by atoms with E-state index in [0.29, 0.717) is 0 Å². The maximum absolute atomic E-state index is 5.45. The zero-order valence-corrected chi connectivity index (χ0v) is 7.98. The normalized spacial score (nSPS) is 13.5. The number of allylic oxidation sites excluding steroid dienone is 4. The lowest BCUT2D eigenvalue weighted by Crippen LogP contribution is -1.85. The van der Waals surface area contributed by atoms with Crippen LogP contribution in [0.1, 0.15) is 40.5 Å². The Morgan fingerprint density at radius 3 is 1.64 bits per heavy atom. The van der Waals surface area contributed by atoms with Gasteiger partial charge in [-0.1, -0.05) is 13.8 Å². The smallest absolute Gasteiger partial charge is 0.0965 e. The molecule has 64 valence electrons. The molecule has 0 aliphatic heterocycles. The Kier molecular flexibility index (Phi) is 5.63. The Labute approximate surface area is 69.8 Å². The van der Waals surface area contributed by atoms with Gasteiger partial charge in [-0.15, -0.1) is 0 Å². The van der Waals surface area contributed by atoms with Gasteiger partial charge >= 0.3 is 0 Å². The number of ether oxygens (including phenoxy) is 1. The van der Waals surface area contributed by atoms with Crippen LogP contribution in [0.3, 0.4) is 0 Å². The Hall–Kier alpha value is -0.720. The highest BCUT2D eigenvalue weighted by Gasteiger charge is 1.89. The summed E-state index contributed by atoms with van der Waals surface area (Å²) in [5.41, 5.74) is 0. The molecule has 0 spiro atoms. The first-order valence-electron chi connectivity index (χ1n) is 4.22. The van der Waals surface area contributed by atoms with Crippen LogP contribution < -0.4 is 0 Å². The fourth-order valence-corrected chi connectivity index (χ4v) is 0.912. The maximum Gasteiger partial charge on any atom is 0.0965 e. The fraction of sp³-hybridized carbons (Fsp3) is 0.600. The molecule has 0 N–H and O–H groups in total. The molecule has 0 unspecified atom stereocenters. The minimum Gasteiger partial charge on any atom is -0.467 e. The minimum atomic E-state index is 0.995. The highest BCUT2D eigenvalue weighted by molar-refractivity contribution is 4.96. The summed E-state index contributed by atoms with van der Waals surface area (Å²) in [6, 6.07) is 0. The summed E-state index contributed by atoms with van der Waals surface area (Å²) in [6.45, 7) is 8.17. The van der Waals surface area contributed by atoms with Crippen LogP contribution in [0, 0.1) is 0 Å². The molecule has 0 radical (unpaired) electrons. The van der Waals surface area contributed by atoms with E-state index in [-0.39, 0.29) is 0 Å². The lowest BCUT2D eigenvalue weighted by atomic mass is 10.4. The van der Waals surface area contributed by atoms with Crippen molar-refractivity contribution in [1.29, 1.82) is 0 Å². The van der Waals surface area contributed by atoms with E-state index in [9.17, 15) is 0 Å². The molecule has 0 aliphatic rings. The first-order chi connectivity index (χ1) is 5.20. The van der Waals surface area contributed by atoms with Crippen molar-refractivity contribution in [1.82, 2.24) is 0 Å². The third-order valence-corrected chi connectivity index (χ3v) is 1.31. The average Bonchev–Trinajstić information content (AvgIpc) is 1.87. The molecule has 1 nitrogen and oxygen atoms in total. The SMILES string of the molecule is CC/C=C(\C)O/C(C)=C/CC. The molecule has 0 amide bonds. The van der Waals surface area contributed by atoms with Crippen molar-refractivity contribution < 1.29 is 4.74 Å². The van der Waals surface area contributed by atoms with Gasteiger partial charge in [0.25, 0.3) is 0 Å². The van der Waals surface area contributed by atoms with Gasteiger partial charge in [-0.2, -0.15) is 0 Å². The number of hydrogen-bond donors (Lipinski definition) is 0. The molecule has 0 saturated carbocycles. The summed E-state index contributed by atoms with van der Waals surface area (Å²) in [5.74, 6) is 1.99. The summed E-state index contributed by atoms with van der Waals surface area (Å²) in [7, 11) is 0. The quantitative estimate of drug-likeness (QED) is 0.562. The fourth-order valence-electron chi connectivity index (χ4n) is 0.912. The van der Waals surface area contributed by atoms with Gasteiger partial charge in [-0.3, -0.25) is 0 Å². The van der Waals surface area contributed by atoms with Crippen molar-refractivity contribution in [2.75, 3.05) is 0 Å². The van der Waals surface area contributed by atoms with Gasteiger partial charge in [0, 0.05) is 0 Å². The summed E-state index contributed by atoms with van der Waals surface area (Å²) < 4.78 is 5.45. The molecule has 0 fully saturated rings. The Morgan fingerprint density at radius 2 is 1.36 bits per heavy atom. The van der Waals surface area contributed by atoms with Gasteiger partial charge in [0.15, 0.2) is 0 Å². The van der Waals surface area contributed by atoms with Crippen LogP contribution >= 0.6 is 0 Å². The second kappa shape index (κ2) is 6.02. The first-order valence-corrected chi connectivity index (χ1v) is 4.22. The molecule has 1 heteroatoms. The van der Waals surface area contributed by atoms with E-state index >= 15 is 0 Å². The van der Waals surface area contributed by atoms with Crippen molar-refractivity contribution in [2.45, 2.75) is 40.5 Å². The predicted octanol–water partition coefficient (Wildman–Crippen LogP) is 3.63. The van der Waals surface area contributed by atoms with Gasteiger partial charge in [-0.25, -0.2) is 0 Å². The van der Waals surface area contributed by atoms with Crippen molar-refractivity contribution in [3.05, 3.63) is 23.7 Å². The van der Waals surface area contributed by atoms with Crippen molar-refractivity contribution in [3.63, 3.8) is 0 Å². The molecule has 0 saturated heterocycles. The summed E-state index contributed by atoms with van der Waals surface area (Å²) in [5, 5.41) is 0. The number of hydrogen-bond acceptors (Lipinski definition) is 1. The second-order valence-electron chi connectivity index (χ2n) is 2.55. The van der Waals surface area contributed by atoms with E-state index in [0.717, 1.165) is 24.4 Å². The van der Waals surface area contributed by atoms with Crippen LogP contribution in [0.2, 0.25) is 0 Å². The molecular weight excluding hydrogens is 136 g/mol.